The van der Waals surface area contributed by atoms with Crippen molar-refractivity contribution in [2.45, 2.75) is 26.4 Å². The van der Waals surface area contributed by atoms with Crippen molar-refractivity contribution in [2.24, 2.45) is 16.4 Å². The van der Waals surface area contributed by atoms with Crippen LogP contribution < -0.4 is 9.91 Å². The molecule has 1 fully saturated rings. The Kier molecular flexibility index (Phi) is 4.72. The second-order valence-electron chi connectivity index (χ2n) is 7.71. The Morgan fingerprint density at radius 1 is 0.968 bits per heavy atom. The molecule has 0 spiro atoms. The molecule has 9 heteroatoms. The highest BCUT2D eigenvalue weighted by Crippen LogP contribution is 2.44. The number of rotatable bonds is 3. The summed E-state index contributed by atoms with van der Waals surface area (Å²) in [5, 5.41) is 5.54. The van der Waals surface area contributed by atoms with Crippen LogP contribution in [-0.4, -0.2) is 23.4 Å². The largest absolute Gasteiger partial charge is 0.416 e. The van der Waals surface area contributed by atoms with Gasteiger partial charge < -0.3 is 0 Å². The number of carbonyl (C=O) groups excluding carboxylic acids is 3. The standard InChI is InChI=1S/C22H18F3N3O3/c1-13-21(2,20(31)28(26-13)16-6-4-3-5-7-16)17-12-18(29)27(19(17)30)15-10-8-14(9-11-15)22(23,24)25/h3-11,17H,12H2,1-2H3. The van der Waals surface area contributed by atoms with Crippen molar-refractivity contribution in [3.05, 3.63) is 60.2 Å². The topological polar surface area (TPSA) is 70.1 Å². The van der Waals surface area contributed by atoms with E-state index in [2.05, 4.69) is 5.10 Å². The molecule has 2 aliphatic rings. The number of nitrogens with zero attached hydrogens (tertiary/aromatic N) is 3. The van der Waals surface area contributed by atoms with Crippen LogP contribution >= 0.6 is 0 Å². The fourth-order valence-corrected chi connectivity index (χ4v) is 3.97. The van der Waals surface area contributed by atoms with E-state index in [0.29, 0.717) is 11.4 Å². The molecule has 0 aromatic heterocycles. The van der Waals surface area contributed by atoms with Crippen molar-refractivity contribution < 1.29 is 27.6 Å². The molecule has 0 bridgehead atoms. The summed E-state index contributed by atoms with van der Waals surface area (Å²) in [4.78, 5) is 40.0. The first-order valence-corrected chi connectivity index (χ1v) is 9.54. The third-order valence-corrected chi connectivity index (χ3v) is 5.94. The van der Waals surface area contributed by atoms with Gasteiger partial charge in [-0.25, -0.2) is 0 Å². The zero-order valence-electron chi connectivity index (χ0n) is 16.7. The minimum atomic E-state index is -4.53. The van der Waals surface area contributed by atoms with Crippen LogP contribution in [-0.2, 0) is 20.6 Å². The molecule has 0 saturated carbocycles. The average molecular weight is 429 g/mol. The van der Waals surface area contributed by atoms with Crippen LogP contribution in [0.4, 0.5) is 24.5 Å². The molecule has 2 heterocycles. The van der Waals surface area contributed by atoms with E-state index in [1.807, 2.05) is 0 Å². The molecule has 0 aliphatic carbocycles. The molecule has 6 nitrogen and oxygen atoms in total. The van der Waals surface area contributed by atoms with Crippen LogP contribution in [0.2, 0.25) is 0 Å². The molecule has 2 aliphatic heterocycles. The lowest BCUT2D eigenvalue weighted by atomic mass is 9.72. The van der Waals surface area contributed by atoms with Crippen molar-refractivity contribution >= 4 is 34.8 Å². The molecule has 2 atom stereocenters. The number of hydrogen-bond acceptors (Lipinski definition) is 4. The normalized spacial score (nSPS) is 24.2. The highest BCUT2D eigenvalue weighted by atomic mass is 19.4. The van der Waals surface area contributed by atoms with E-state index < -0.39 is 40.8 Å². The first kappa shape index (κ1) is 20.8. The molecule has 1 saturated heterocycles. The molecule has 2 unspecified atom stereocenters. The highest BCUT2D eigenvalue weighted by Gasteiger charge is 2.58. The van der Waals surface area contributed by atoms with Gasteiger partial charge >= 0.3 is 6.18 Å². The van der Waals surface area contributed by atoms with Gasteiger partial charge in [0.25, 0.3) is 5.91 Å². The van der Waals surface area contributed by atoms with Gasteiger partial charge in [-0.15, -0.1) is 0 Å². The highest BCUT2D eigenvalue weighted by molar-refractivity contribution is 6.27. The molecule has 4 rings (SSSR count). The summed E-state index contributed by atoms with van der Waals surface area (Å²) in [5.74, 6) is -2.65. The number of amides is 3. The van der Waals surface area contributed by atoms with Crippen molar-refractivity contribution in [3.8, 4) is 0 Å². The predicted octanol–water partition coefficient (Wildman–Crippen LogP) is 4.01. The SMILES string of the molecule is CC1=NN(c2ccccc2)C(=O)C1(C)C1CC(=O)N(c2ccc(C(F)(F)F)cc2)C1=O. The number of carbonyl (C=O) groups is 3. The first-order chi connectivity index (χ1) is 14.5. The van der Waals surface area contributed by atoms with E-state index in [9.17, 15) is 27.6 Å². The van der Waals surface area contributed by atoms with Crippen molar-refractivity contribution in [3.63, 3.8) is 0 Å². The summed E-state index contributed by atoms with van der Waals surface area (Å²) in [6.07, 6.45) is -4.77. The van der Waals surface area contributed by atoms with E-state index in [1.54, 1.807) is 44.2 Å². The zero-order valence-corrected chi connectivity index (χ0v) is 16.7. The smallest absolute Gasteiger partial charge is 0.274 e. The summed E-state index contributed by atoms with van der Waals surface area (Å²) in [6.45, 7) is 3.20. The number of alkyl halides is 3. The average Bonchev–Trinajstić information content (AvgIpc) is 3.16. The van der Waals surface area contributed by atoms with Gasteiger partial charge in [0.2, 0.25) is 11.8 Å². The summed E-state index contributed by atoms with van der Waals surface area (Å²) in [7, 11) is 0. The quantitative estimate of drug-likeness (QED) is 0.693. The van der Waals surface area contributed by atoms with Crippen molar-refractivity contribution in [1.29, 1.82) is 0 Å². The summed E-state index contributed by atoms with van der Waals surface area (Å²) < 4.78 is 38.5. The molecule has 0 N–H and O–H groups in total. The number of imide groups is 1. The molecule has 160 valence electrons. The van der Waals surface area contributed by atoms with Crippen LogP contribution in [0.5, 0.6) is 0 Å². The maximum atomic E-state index is 13.3. The third kappa shape index (κ3) is 3.20. The summed E-state index contributed by atoms with van der Waals surface area (Å²) >= 11 is 0. The minimum absolute atomic E-state index is 0.0362. The second-order valence-corrected chi connectivity index (χ2v) is 7.71. The molecule has 31 heavy (non-hydrogen) atoms. The van der Waals surface area contributed by atoms with Gasteiger partial charge in [0.05, 0.1) is 28.6 Å². The van der Waals surface area contributed by atoms with Crippen LogP contribution in [0.25, 0.3) is 0 Å². The van der Waals surface area contributed by atoms with Crippen LogP contribution in [0.15, 0.2) is 59.7 Å². The van der Waals surface area contributed by atoms with E-state index >= 15 is 0 Å². The van der Waals surface area contributed by atoms with Gasteiger partial charge in [0.15, 0.2) is 0 Å². The number of benzene rings is 2. The van der Waals surface area contributed by atoms with E-state index in [0.717, 1.165) is 29.2 Å². The number of halogens is 3. The monoisotopic (exact) mass is 429 g/mol. The van der Waals surface area contributed by atoms with Gasteiger partial charge in [-0.3, -0.25) is 19.3 Å². The molecular formula is C22H18F3N3O3. The predicted molar refractivity (Wildman–Crippen MR) is 107 cm³/mol. The van der Waals surface area contributed by atoms with Gasteiger partial charge in [0.1, 0.15) is 5.41 Å². The maximum absolute atomic E-state index is 13.3. The molecule has 3 amide bonds. The molecular weight excluding hydrogens is 411 g/mol. The first-order valence-electron chi connectivity index (χ1n) is 9.54. The number of anilines is 2. The summed E-state index contributed by atoms with van der Waals surface area (Å²) in [6, 6.07) is 12.5. The fraction of sp³-hybridized carbons (Fsp3) is 0.273. The minimum Gasteiger partial charge on any atom is -0.274 e. The number of hydrogen-bond donors (Lipinski definition) is 0. The lowest BCUT2D eigenvalue weighted by Gasteiger charge is -2.28. The van der Waals surface area contributed by atoms with Crippen LogP contribution in [0, 0.1) is 11.3 Å². The third-order valence-electron chi connectivity index (χ3n) is 5.94. The van der Waals surface area contributed by atoms with Crippen LogP contribution in [0.1, 0.15) is 25.8 Å². The van der Waals surface area contributed by atoms with Gasteiger partial charge in [-0.05, 0) is 50.2 Å². The molecule has 2 aromatic rings. The fourth-order valence-electron chi connectivity index (χ4n) is 3.97. The van der Waals surface area contributed by atoms with Gasteiger partial charge in [-0.2, -0.15) is 23.3 Å². The molecule has 2 aromatic carbocycles. The van der Waals surface area contributed by atoms with Crippen molar-refractivity contribution in [1.82, 2.24) is 0 Å². The summed E-state index contributed by atoms with van der Waals surface area (Å²) in [5.41, 5.74) is -1.27. The molecule has 0 radical (unpaired) electrons. The Morgan fingerprint density at radius 3 is 2.16 bits per heavy atom. The van der Waals surface area contributed by atoms with Gasteiger partial charge in [-0.1, -0.05) is 18.2 Å². The van der Waals surface area contributed by atoms with E-state index in [-0.39, 0.29) is 12.1 Å². The number of hydrazone groups is 1. The Balaban J connectivity index is 1.64. The second kappa shape index (κ2) is 7.04. The Labute approximate surface area is 175 Å². The zero-order chi connectivity index (χ0) is 22.6. The van der Waals surface area contributed by atoms with Crippen molar-refractivity contribution in [2.75, 3.05) is 9.91 Å². The van der Waals surface area contributed by atoms with E-state index in [1.165, 1.54) is 5.01 Å². The lowest BCUT2D eigenvalue weighted by molar-refractivity contribution is -0.137. The maximum Gasteiger partial charge on any atom is 0.416 e. The Bertz CT molecular complexity index is 1100. The Hall–Kier alpha value is -3.49. The van der Waals surface area contributed by atoms with Gasteiger partial charge in [0, 0.05) is 6.42 Å². The van der Waals surface area contributed by atoms with E-state index in [4.69, 9.17) is 0 Å². The lowest BCUT2D eigenvalue weighted by Crippen LogP contribution is -2.46. The number of para-hydroxylation sites is 1. The Morgan fingerprint density at radius 2 is 1.58 bits per heavy atom. The van der Waals surface area contributed by atoms with Crippen LogP contribution in [0.3, 0.4) is 0 Å².